The van der Waals surface area contributed by atoms with Crippen LogP contribution in [0, 0.1) is 20.8 Å². The van der Waals surface area contributed by atoms with Crippen molar-refractivity contribution in [3.05, 3.63) is 108 Å². The number of alkyl halides is 2. The molecule has 1 amide bonds. The SMILES string of the molecule is Cc1cc(OC(C)C)cc(-c2ncn(/C=C\C(=O)N3CC(F)(F)C3)n2)c1.Cc1cc(OC(C)C)cc(-c2ncn(/C=C\C(=O)O)n2)c1.Cc1cc(OC(C)C)cc(-c2ncn(/C=C\C(=O)OC(C)C)n2)c1.[Li+].[OH-]. The minimum atomic E-state index is -2.77. The van der Waals surface area contributed by atoms with Crippen molar-refractivity contribution in [1.29, 1.82) is 0 Å². The van der Waals surface area contributed by atoms with E-state index >= 15 is 0 Å². The Morgan fingerprint density at radius 1 is 0.562 bits per heavy atom. The van der Waals surface area contributed by atoms with Crippen molar-refractivity contribution in [3.8, 4) is 51.4 Å². The first kappa shape index (κ1) is 59.8. The molecule has 1 aliphatic rings. The molecule has 6 aromatic rings. The number of amides is 1. The van der Waals surface area contributed by atoms with E-state index in [1.54, 1.807) is 20.2 Å². The number of ether oxygens (including phenoxy) is 4. The van der Waals surface area contributed by atoms with E-state index < -0.39 is 36.9 Å². The van der Waals surface area contributed by atoms with Gasteiger partial charge in [0.1, 0.15) is 36.2 Å². The van der Waals surface area contributed by atoms with Crippen molar-refractivity contribution in [3.63, 3.8) is 0 Å². The number of esters is 1. The number of carbonyl (C=O) groups excluding carboxylic acids is 2. The standard InChI is InChI=1S/C18H20F2N4O2.C18H23N3O3.C15H17N3O3.Li.H2O/c1-12(2)26-15-7-13(3)6-14(8-15)17-21-11-24(22-17)5-4-16(25)23-9-18(19,20)10-23;1-12(2)23-16-9-14(5)8-15(10-16)18-19-11-21(20-18)7-6-17(22)24-13(3)4;1-10(2)21-13-7-11(3)6-12(8-13)15-16-9-18(17-15)5-4-14(19)20;;/h4-8,11-12H,9-10H2,1-3H3;6-13H,1-5H3;4-10H,1-3H3,(H,19,20);;1H2/q;;;+1;/p-1/b5-4-;7-6-;5-4-;;. The maximum atomic E-state index is 12.8. The van der Waals surface area contributed by atoms with Gasteiger partial charge in [0, 0.05) is 53.5 Å². The number of carboxylic acid groups (broad SMARTS) is 1. The number of carbonyl (C=O) groups is 3. The summed E-state index contributed by atoms with van der Waals surface area (Å²) in [5, 5.41) is 21.4. The summed E-state index contributed by atoms with van der Waals surface area (Å²) < 4.78 is 52.0. The topological polar surface area (TPSA) is 234 Å². The summed E-state index contributed by atoms with van der Waals surface area (Å²) >= 11 is 0. The molecule has 1 aliphatic heterocycles. The number of likely N-dealkylation sites (tertiary alicyclic amines) is 1. The molecule has 0 saturated carbocycles. The Labute approximate surface area is 435 Å². The van der Waals surface area contributed by atoms with Crippen molar-refractivity contribution in [1.82, 2.24) is 49.2 Å². The van der Waals surface area contributed by atoms with Crippen LogP contribution >= 0.6 is 0 Å². The molecular formula is C51H61F2LiN10O9. The maximum absolute atomic E-state index is 12.8. The summed E-state index contributed by atoms with van der Waals surface area (Å²) in [6, 6.07) is 17.4. The number of carboxylic acids is 1. The molecule has 1 fully saturated rings. The van der Waals surface area contributed by atoms with Crippen molar-refractivity contribution in [2.24, 2.45) is 0 Å². The molecule has 0 aliphatic carbocycles. The largest absolute Gasteiger partial charge is 1.00 e. The van der Waals surface area contributed by atoms with Crippen LogP contribution in [0.5, 0.6) is 17.2 Å². The average molecular weight is 1000 g/mol. The van der Waals surface area contributed by atoms with Gasteiger partial charge < -0.3 is 34.4 Å². The predicted molar refractivity (Wildman–Crippen MR) is 266 cm³/mol. The Morgan fingerprint density at radius 3 is 1.22 bits per heavy atom. The van der Waals surface area contributed by atoms with Gasteiger partial charge in [-0.25, -0.2) is 47.4 Å². The van der Waals surface area contributed by atoms with Gasteiger partial charge in [-0.2, -0.15) is 0 Å². The Hall–Kier alpha value is -7.47. The van der Waals surface area contributed by atoms with Crippen LogP contribution in [0.15, 0.2) is 91.8 Å². The fourth-order valence-electron chi connectivity index (χ4n) is 6.55. The normalized spacial score (nSPS) is 12.8. The third kappa shape index (κ3) is 19.9. The number of nitrogens with zero attached hydrogens (tertiary/aromatic N) is 10. The first-order valence-electron chi connectivity index (χ1n) is 22.7. The van der Waals surface area contributed by atoms with E-state index in [4.69, 9.17) is 24.1 Å². The minimum Gasteiger partial charge on any atom is -0.870 e. The summed E-state index contributed by atoms with van der Waals surface area (Å²) in [6.07, 6.45) is 12.3. The Balaban J connectivity index is 0.000000287. The monoisotopic (exact) mass is 1000 g/mol. The zero-order chi connectivity index (χ0) is 52.0. The summed E-state index contributed by atoms with van der Waals surface area (Å²) in [4.78, 5) is 47.5. The average Bonchev–Trinajstić information content (AvgIpc) is 4.04. The van der Waals surface area contributed by atoms with Gasteiger partial charge in [0.05, 0.1) is 37.5 Å². The summed E-state index contributed by atoms with van der Waals surface area (Å²) in [5.41, 5.74) is 5.60. The Bertz CT molecular complexity index is 2860. The van der Waals surface area contributed by atoms with Gasteiger partial charge in [-0.1, -0.05) is 0 Å². The molecule has 4 heterocycles. The van der Waals surface area contributed by atoms with E-state index in [-0.39, 0.29) is 48.8 Å². The molecule has 19 nitrogen and oxygen atoms in total. The fraction of sp³-hybridized carbons (Fsp3) is 0.353. The van der Waals surface area contributed by atoms with Crippen molar-refractivity contribution >= 4 is 36.4 Å². The van der Waals surface area contributed by atoms with Crippen LogP contribution in [0.4, 0.5) is 8.78 Å². The van der Waals surface area contributed by atoms with Gasteiger partial charge in [-0.15, -0.1) is 15.3 Å². The first-order chi connectivity index (χ1) is 33.5. The van der Waals surface area contributed by atoms with Gasteiger partial charge in [-0.05, 0) is 147 Å². The molecule has 1 saturated heterocycles. The first-order valence-corrected chi connectivity index (χ1v) is 22.7. The summed E-state index contributed by atoms with van der Waals surface area (Å²) in [6.45, 7) is 20.2. The van der Waals surface area contributed by atoms with E-state index in [0.29, 0.717) is 17.5 Å². The summed E-state index contributed by atoms with van der Waals surface area (Å²) in [7, 11) is 0. The third-order valence-corrected chi connectivity index (χ3v) is 9.18. The molecule has 384 valence electrons. The van der Waals surface area contributed by atoms with E-state index in [0.717, 1.165) is 61.6 Å². The van der Waals surface area contributed by atoms with Gasteiger partial charge >= 0.3 is 30.8 Å². The van der Waals surface area contributed by atoms with Crippen LogP contribution in [-0.4, -0.2) is 121 Å². The molecule has 3 aromatic carbocycles. The molecule has 7 rings (SSSR count). The van der Waals surface area contributed by atoms with Crippen molar-refractivity contribution in [2.45, 2.75) is 106 Å². The smallest absolute Gasteiger partial charge is 0.870 e. The Morgan fingerprint density at radius 2 is 0.904 bits per heavy atom. The van der Waals surface area contributed by atoms with Crippen LogP contribution in [0.25, 0.3) is 52.8 Å². The molecule has 0 unspecified atom stereocenters. The van der Waals surface area contributed by atoms with E-state index in [1.807, 2.05) is 117 Å². The number of rotatable bonds is 16. The fourth-order valence-corrected chi connectivity index (χ4v) is 6.55. The van der Waals surface area contributed by atoms with Crippen LogP contribution in [0.3, 0.4) is 0 Å². The molecule has 0 atom stereocenters. The molecule has 3 aromatic heterocycles. The van der Waals surface area contributed by atoms with Crippen molar-refractivity contribution < 1.29 is 71.6 Å². The van der Waals surface area contributed by atoms with Crippen LogP contribution < -0.4 is 33.1 Å². The van der Waals surface area contributed by atoms with Gasteiger partial charge in [0.15, 0.2) is 17.5 Å². The second-order valence-electron chi connectivity index (χ2n) is 17.6. The van der Waals surface area contributed by atoms with Crippen LogP contribution in [0.1, 0.15) is 72.1 Å². The van der Waals surface area contributed by atoms with Crippen LogP contribution in [-0.2, 0) is 19.1 Å². The zero-order valence-electron chi connectivity index (χ0n) is 43.1. The second-order valence-corrected chi connectivity index (χ2v) is 17.6. The quantitative estimate of drug-likeness (QED) is 0.0678. The van der Waals surface area contributed by atoms with Crippen LogP contribution in [0.2, 0.25) is 0 Å². The molecular weight excluding hydrogens is 942 g/mol. The molecule has 0 bridgehead atoms. The number of benzene rings is 3. The van der Waals surface area contributed by atoms with E-state index in [2.05, 4.69) is 30.2 Å². The molecule has 73 heavy (non-hydrogen) atoms. The Kier molecular flexibility index (Phi) is 22.4. The summed E-state index contributed by atoms with van der Waals surface area (Å²) in [5.74, 6) is -0.853. The van der Waals surface area contributed by atoms with Gasteiger partial charge in [0.2, 0.25) is 5.91 Å². The number of hydrogen-bond acceptors (Lipinski definition) is 14. The zero-order valence-corrected chi connectivity index (χ0v) is 43.1. The molecule has 2 N–H and O–H groups in total. The number of aromatic nitrogens is 9. The van der Waals surface area contributed by atoms with Crippen molar-refractivity contribution in [2.75, 3.05) is 13.1 Å². The number of hydrogen-bond donors (Lipinski definition) is 1. The van der Waals surface area contributed by atoms with Gasteiger partial charge in [0.25, 0.3) is 5.92 Å². The minimum absolute atomic E-state index is 0. The second kappa shape index (κ2) is 27.4. The van der Waals surface area contributed by atoms with Gasteiger partial charge in [-0.3, -0.25) is 4.79 Å². The maximum Gasteiger partial charge on any atom is 1.00 e. The molecule has 0 radical (unpaired) electrons. The predicted octanol–water partition coefficient (Wildman–Crippen LogP) is 5.88. The number of aliphatic carboxylic acids is 1. The van der Waals surface area contributed by atoms with E-state index in [9.17, 15) is 23.2 Å². The number of aryl methyl sites for hydroxylation is 3. The third-order valence-electron chi connectivity index (χ3n) is 9.18. The number of halogens is 2. The molecule has 0 spiro atoms. The van der Waals surface area contributed by atoms with E-state index in [1.165, 1.54) is 57.5 Å². The molecule has 22 heteroatoms.